The zero-order valence-electron chi connectivity index (χ0n) is 34.2. The van der Waals surface area contributed by atoms with Gasteiger partial charge in [0, 0.05) is 53.5 Å². The first-order valence-electron chi connectivity index (χ1n) is 20.9. The lowest BCUT2D eigenvalue weighted by atomic mass is 9.81. The second kappa shape index (κ2) is 16.7. The number of hydrogen-bond acceptors (Lipinski definition) is 11. The number of alkyl halides is 3. The normalized spacial score (nSPS) is 24.9. The molecule has 0 radical (unpaired) electrons. The van der Waals surface area contributed by atoms with Gasteiger partial charge in [-0.3, -0.25) is 29.4 Å². The molecule has 2 aliphatic heterocycles. The first kappa shape index (κ1) is 42.7. The maximum Gasteiger partial charge on any atom is 0.433 e. The van der Waals surface area contributed by atoms with Gasteiger partial charge in [-0.15, -0.1) is 11.3 Å². The standard InChI is InChI=1S/C44H50F3N7O6S/c1-43(2,60)28-20-32-34(21-31(28)50-38(56)30-8-5-9-35(49-30)44(45,46)47)61-40(51-32)24-12-10-23(11-13-24)22-53(3)26-16-14-25(15-17-26)48-29-7-4-6-27-37(29)42(59)54(41(27)58)33-18-19-36(55)52-39(33)57/h4-9,20-21,23-26,33,41,48,58,60H,10-19,22H2,1-3H3,(H,50,56)(H,52,55,57)/t23-,24-,25-,26-,33?,41?. The van der Waals surface area contributed by atoms with Gasteiger partial charge in [0.1, 0.15) is 17.4 Å². The van der Waals surface area contributed by atoms with Gasteiger partial charge in [-0.1, -0.05) is 18.2 Å². The molecule has 2 aliphatic carbocycles. The SMILES string of the molecule is CN(C[C@H]1CC[C@H](c2nc3cc(C(C)(C)O)c(NC(=O)c4cccc(C(F)(F)F)n4)cc3s2)CC1)[C@H]1CC[C@H](Nc2cccc3c2C(=O)N(C2CCC(=O)NC2=O)C3O)CC1. The molecule has 2 saturated carbocycles. The molecule has 2 aromatic carbocycles. The quantitative estimate of drug-likeness (QED) is 0.104. The number of carbonyl (C=O) groups excluding carboxylic acids is 4. The Balaban J connectivity index is 0.845. The van der Waals surface area contributed by atoms with Crippen LogP contribution in [0.25, 0.3) is 10.2 Å². The second-order valence-electron chi connectivity index (χ2n) is 17.5. The van der Waals surface area contributed by atoms with Gasteiger partial charge >= 0.3 is 6.18 Å². The van der Waals surface area contributed by atoms with Crippen LogP contribution in [0, 0.1) is 5.92 Å². The van der Waals surface area contributed by atoms with E-state index in [0.29, 0.717) is 39.9 Å². The molecule has 2 unspecified atom stereocenters. The van der Waals surface area contributed by atoms with Crippen LogP contribution >= 0.6 is 11.3 Å². The number of imide groups is 1. The number of nitrogens with one attached hydrogen (secondary N) is 3. The van der Waals surface area contributed by atoms with Gasteiger partial charge in [0.15, 0.2) is 6.23 Å². The van der Waals surface area contributed by atoms with Crippen LogP contribution in [0.1, 0.15) is 133 Å². The number of aliphatic hydroxyl groups excluding tert-OH is 1. The van der Waals surface area contributed by atoms with Crippen molar-refractivity contribution in [3.63, 3.8) is 0 Å². The Morgan fingerprint density at radius 3 is 2.36 bits per heavy atom. The predicted octanol–water partition coefficient (Wildman–Crippen LogP) is 7.07. The molecule has 0 spiro atoms. The molecule has 61 heavy (non-hydrogen) atoms. The molecule has 3 fully saturated rings. The van der Waals surface area contributed by atoms with Crippen molar-refractivity contribution in [2.75, 3.05) is 24.2 Å². The van der Waals surface area contributed by atoms with Crippen molar-refractivity contribution in [3.05, 3.63) is 81.6 Å². The Kier molecular flexibility index (Phi) is 11.7. The fraction of sp³-hybridized carbons (Fsp3) is 0.500. The van der Waals surface area contributed by atoms with Gasteiger partial charge in [0.05, 0.1) is 26.4 Å². The van der Waals surface area contributed by atoms with Gasteiger partial charge < -0.3 is 25.7 Å². The molecule has 2 atom stereocenters. The van der Waals surface area contributed by atoms with Crippen molar-refractivity contribution in [1.29, 1.82) is 0 Å². The molecule has 5 N–H and O–H groups in total. The van der Waals surface area contributed by atoms with Gasteiger partial charge in [0.25, 0.3) is 11.8 Å². The van der Waals surface area contributed by atoms with Crippen molar-refractivity contribution in [2.45, 2.75) is 120 Å². The Labute approximate surface area is 355 Å². The molecule has 4 amide bonds. The molecular formula is C44H50F3N7O6S. The highest BCUT2D eigenvalue weighted by Gasteiger charge is 2.46. The number of nitrogens with zero attached hydrogens (tertiary/aromatic N) is 4. The summed E-state index contributed by atoms with van der Waals surface area (Å²) in [7, 11) is 2.20. The van der Waals surface area contributed by atoms with Crippen LogP contribution in [0.15, 0.2) is 48.5 Å². The second-order valence-corrected chi connectivity index (χ2v) is 18.5. The van der Waals surface area contributed by atoms with Crippen molar-refractivity contribution >= 4 is 56.6 Å². The molecule has 2 aromatic heterocycles. The lowest BCUT2D eigenvalue weighted by Crippen LogP contribution is -2.53. The number of pyridine rings is 1. The summed E-state index contributed by atoms with van der Waals surface area (Å²) >= 11 is 1.53. The van der Waals surface area contributed by atoms with Gasteiger partial charge in [-0.25, -0.2) is 9.97 Å². The van der Waals surface area contributed by atoms with E-state index < -0.39 is 47.5 Å². The summed E-state index contributed by atoms with van der Waals surface area (Å²) in [4.78, 5) is 63.2. The summed E-state index contributed by atoms with van der Waals surface area (Å²) in [5, 5.41) is 31.6. The Morgan fingerprint density at radius 2 is 1.67 bits per heavy atom. The number of benzene rings is 2. The van der Waals surface area contributed by atoms with Crippen molar-refractivity contribution in [2.24, 2.45) is 5.92 Å². The van der Waals surface area contributed by atoms with E-state index in [4.69, 9.17) is 4.98 Å². The van der Waals surface area contributed by atoms with Crippen LogP contribution in [0.3, 0.4) is 0 Å². The number of halogens is 3. The third-order valence-electron chi connectivity index (χ3n) is 12.8. The van der Waals surface area contributed by atoms with Gasteiger partial charge in [-0.05, 0) is 115 Å². The Hall–Kier alpha value is -4.97. The first-order chi connectivity index (χ1) is 28.9. The van der Waals surface area contributed by atoms with Crippen LogP contribution in [0.4, 0.5) is 24.5 Å². The smallest absolute Gasteiger partial charge is 0.386 e. The highest BCUT2D eigenvalue weighted by Crippen LogP contribution is 2.43. The van der Waals surface area contributed by atoms with Crippen molar-refractivity contribution in [1.82, 2.24) is 25.1 Å². The third kappa shape index (κ3) is 8.88. The molecular weight excluding hydrogens is 812 g/mol. The molecule has 4 aliphatic rings. The van der Waals surface area contributed by atoms with E-state index in [9.17, 15) is 42.6 Å². The van der Waals surface area contributed by atoms with Gasteiger partial charge in [0.2, 0.25) is 11.8 Å². The van der Waals surface area contributed by atoms with E-state index in [1.165, 1.54) is 22.3 Å². The van der Waals surface area contributed by atoms with E-state index in [0.717, 1.165) is 79.8 Å². The Morgan fingerprint density at radius 1 is 0.951 bits per heavy atom. The van der Waals surface area contributed by atoms with E-state index in [2.05, 4.69) is 32.9 Å². The summed E-state index contributed by atoms with van der Waals surface area (Å²) < 4.78 is 40.6. The summed E-state index contributed by atoms with van der Waals surface area (Å²) in [6.45, 7) is 4.14. The van der Waals surface area contributed by atoms with Gasteiger partial charge in [-0.2, -0.15) is 13.2 Å². The number of piperidine rings is 1. The van der Waals surface area contributed by atoms with Crippen molar-refractivity contribution < 1.29 is 42.6 Å². The largest absolute Gasteiger partial charge is 0.433 e. The highest BCUT2D eigenvalue weighted by molar-refractivity contribution is 7.18. The average molecular weight is 862 g/mol. The number of hydrogen-bond donors (Lipinski definition) is 5. The van der Waals surface area contributed by atoms with Crippen LogP contribution in [0.5, 0.6) is 0 Å². The molecule has 0 bridgehead atoms. The van der Waals surface area contributed by atoms with E-state index >= 15 is 0 Å². The number of anilines is 2. The summed E-state index contributed by atoms with van der Waals surface area (Å²) in [6, 6.07) is 11.6. The average Bonchev–Trinajstić information content (AvgIpc) is 3.75. The van der Waals surface area contributed by atoms with Crippen LogP contribution in [-0.2, 0) is 21.4 Å². The van der Waals surface area contributed by atoms with E-state index in [1.54, 1.807) is 38.1 Å². The lowest BCUT2D eigenvalue weighted by molar-refractivity contribution is -0.141. The lowest BCUT2D eigenvalue weighted by Gasteiger charge is -2.38. The van der Waals surface area contributed by atoms with Crippen LogP contribution < -0.4 is 16.0 Å². The van der Waals surface area contributed by atoms with Crippen LogP contribution in [-0.4, -0.2) is 85.3 Å². The third-order valence-corrected chi connectivity index (χ3v) is 14.0. The van der Waals surface area contributed by atoms with E-state index in [-0.39, 0.29) is 42.1 Å². The summed E-state index contributed by atoms with van der Waals surface area (Å²) in [5.74, 6) is -1.38. The number of aliphatic hydroxyl groups is 2. The molecule has 13 nitrogen and oxygen atoms in total. The minimum absolute atomic E-state index is 0.107. The number of amides is 4. The predicted molar refractivity (Wildman–Crippen MR) is 223 cm³/mol. The zero-order chi connectivity index (χ0) is 43.4. The first-order valence-corrected chi connectivity index (χ1v) is 21.7. The summed E-state index contributed by atoms with van der Waals surface area (Å²) in [6.07, 6.45) is 2.20. The zero-order valence-corrected chi connectivity index (χ0v) is 35.0. The topological polar surface area (TPSA) is 177 Å². The number of aromatic nitrogens is 2. The Bertz CT molecular complexity index is 2350. The van der Waals surface area contributed by atoms with E-state index in [1.807, 2.05) is 6.07 Å². The number of rotatable bonds is 10. The molecule has 17 heteroatoms. The monoisotopic (exact) mass is 861 g/mol. The number of fused-ring (bicyclic) bond motifs is 2. The minimum atomic E-state index is -4.70. The molecule has 1 saturated heterocycles. The highest BCUT2D eigenvalue weighted by atomic mass is 32.1. The molecule has 324 valence electrons. The fourth-order valence-corrected chi connectivity index (χ4v) is 10.7. The van der Waals surface area contributed by atoms with Crippen LogP contribution in [0.2, 0.25) is 0 Å². The van der Waals surface area contributed by atoms with Crippen molar-refractivity contribution in [3.8, 4) is 0 Å². The minimum Gasteiger partial charge on any atom is -0.386 e. The molecule has 8 rings (SSSR count). The molecule has 4 aromatic rings. The maximum atomic E-state index is 13.6. The molecule has 4 heterocycles. The number of carbonyl (C=O) groups is 4. The summed E-state index contributed by atoms with van der Waals surface area (Å²) in [5.41, 5.74) is -0.0770. The number of thiazole rings is 1. The maximum absolute atomic E-state index is 13.6. The fourth-order valence-electron chi connectivity index (χ4n) is 9.50.